The minimum atomic E-state index is -1.34. The Balaban J connectivity index is 5.08. The summed E-state index contributed by atoms with van der Waals surface area (Å²) in [6.45, 7) is 4.55. The van der Waals surface area contributed by atoms with E-state index in [1.54, 1.807) is 6.92 Å². The van der Waals surface area contributed by atoms with E-state index in [2.05, 4.69) is 0 Å². The predicted octanol–water partition coefficient (Wildman–Crippen LogP) is 1.61. The molecule has 0 radical (unpaired) electrons. The number of hydrogen-bond donors (Lipinski definition) is 2. The maximum absolute atomic E-state index is 11.6. The highest BCUT2D eigenvalue weighted by molar-refractivity contribution is 5.93. The van der Waals surface area contributed by atoms with Crippen molar-refractivity contribution < 1.29 is 34.1 Å². The Morgan fingerprint density at radius 1 is 1.00 bits per heavy atom. The third kappa shape index (κ3) is 8.80. The van der Waals surface area contributed by atoms with Crippen molar-refractivity contribution in [2.45, 2.75) is 39.5 Å². The predicted molar refractivity (Wildman–Crippen MR) is 73.9 cm³/mol. The maximum atomic E-state index is 11.6. The average molecular weight is 302 g/mol. The molecule has 21 heavy (non-hydrogen) atoms. The number of carbonyl (C=O) groups is 3. The zero-order chi connectivity index (χ0) is 16.3. The van der Waals surface area contributed by atoms with E-state index in [-0.39, 0.29) is 37.2 Å². The fourth-order valence-electron chi connectivity index (χ4n) is 1.63. The quantitative estimate of drug-likeness (QED) is 0.339. The smallest absolute Gasteiger partial charge is 0.332 e. The Bertz CT molecular complexity index is 398. The highest BCUT2D eigenvalue weighted by atomic mass is 16.5. The highest BCUT2D eigenvalue weighted by Gasteiger charge is 2.20. The zero-order valence-electron chi connectivity index (χ0n) is 12.4. The van der Waals surface area contributed by atoms with E-state index < -0.39 is 24.3 Å². The second kappa shape index (κ2) is 10.8. The number of carboxylic acid groups (broad SMARTS) is 2. The Morgan fingerprint density at radius 2 is 1.67 bits per heavy atom. The molecule has 0 spiro atoms. The first-order valence-electron chi connectivity index (χ1n) is 6.81. The molecule has 2 N–H and O–H groups in total. The van der Waals surface area contributed by atoms with E-state index in [1.807, 2.05) is 6.92 Å². The number of esters is 1. The summed E-state index contributed by atoms with van der Waals surface area (Å²) in [6.07, 6.45) is -0.0333. The van der Waals surface area contributed by atoms with Crippen LogP contribution in [-0.4, -0.2) is 47.9 Å². The minimum Gasteiger partial charge on any atom is -0.481 e. The molecule has 0 aromatic heterocycles. The van der Waals surface area contributed by atoms with Crippen molar-refractivity contribution in [3.63, 3.8) is 0 Å². The molecule has 0 saturated heterocycles. The number of hydrogen-bond acceptors (Lipinski definition) is 5. The standard InChI is InChI=1S/C14H22O7/c1-3-6-21-13(17)8-10(5-7-20-4-2)11(14(18)19)9-12(15)16/h3-9H2,1-2H3,(H,15,16)(H,18,19). The number of carboxylic acids is 2. The second-order valence-corrected chi connectivity index (χ2v) is 4.30. The van der Waals surface area contributed by atoms with Gasteiger partial charge in [0.05, 0.1) is 26.1 Å². The van der Waals surface area contributed by atoms with Gasteiger partial charge in [0.15, 0.2) is 0 Å². The monoisotopic (exact) mass is 302 g/mol. The van der Waals surface area contributed by atoms with Crippen molar-refractivity contribution in [1.29, 1.82) is 0 Å². The summed E-state index contributed by atoms with van der Waals surface area (Å²) < 4.78 is 10.0. The lowest BCUT2D eigenvalue weighted by atomic mass is 9.99. The van der Waals surface area contributed by atoms with E-state index in [9.17, 15) is 14.4 Å². The Labute approximate surface area is 123 Å². The van der Waals surface area contributed by atoms with Crippen molar-refractivity contribution in [2.24, 2.45) is 0 Å². The topological polar surface area (TPSA) is 110 Å². The first-order chi connectivity index (χ1) is 9.92. The molecule has 7 heteroatoms. The Hall–Kier alpha value is -1.89. The molecule has 0 aromatic carbocycles. The van der Waals surface area contributed by atoms with Gasteiger partial charge in [0.25, 0.3) is 0 Å². The van der Waals surface area contributed by atoms with Crippen LogP contribution < -0.4 is 0 Å². The molecule has 0 bridgehead atoms. The van der Waals surface area contributed by atoms with Gasteiger partial charge in [-0.05, 0) is 25.3 Å². The Morgan fingerprint density at radius 3 is 2.14 bits per heavy atom. The van der Waals surface area contributed by atoms with Crippen LogP contribution in [0.15, 0.2) is 11.1 Å². The molecule has 0 fully saturated rings. The number of carbonyl (C=O) groups excluding carboxylic acids is 1. The molecular weight excluding hydrogens is 280 g/mol. The molecule has 0 atom stereocenters. The zero-order valence-corrected chi connectivity index (χ0v) is 12.4. The number of aliphatic carboxylic acids is 2. The molecule has 0 unspecified atom stereocenters. The summed E-state index contributed by atoms with van der Waals surface area (Å²) in [5.41, 5.74) is -0.0462. The molecule has 0 rings (SSSR count). The van der Waals surface area contributed by atoms with Crippen molar-refractivity contribution in [1.82, 2.24) is 0 Å². The summed E-state index contributed by atoms with van der Waals surface area (Å²) in [4.78, 5) is 33.6. The van der Waals surface area contributed by atoms with Crippen molar-refractivity contribution >= 4 is 17.9 Å². The van der Waals surface area contributed by atoms with E-state index in [1.165, 1.54) is 0 Å². The van der Waals surface area contributed by atoms with Crippen molar-refractivity contribution in [2.75, 3.05) is 19.8 Å². The fraction of sp³-hybridized carbons (Fsp3) is 0.643. The lowest BCUT2D eigenvalue weighted by molar-refractivity contribution is -0.143. The Kier molecular flexibility index (Phi) is 9.87. The van der Waals surface area contributed by atoms with Gasteiger partial charge in [-0.2, -0.15) is 0 Å². The van der Waals surface area contributed by atoms with Gasteiger partial charge in [0.2, 0.25) is 0 Å². The minimum absolute atomic E-state index is 0.185. The molecule has 0 saturated carbocycles. The lowest BCUT2D eigenvalue weighted by Gasteiger charge is -2.11. The van der Waals surface area contributed by atoms with Gasteiger partial charge in [-0.1, -0.05) is 6.92 Å². The molecule has 0 aliphatic heterocycles. The first kappa shape index (κ1) is 19.1. The van der Waals surface area contributed by atoms with Crippen LogP contribution in [0.25, 0.3) is 0 Å². The normalized spacial score (nSPS) is 11.7. The second-order valence-electron chi connectivity index (χ2n) is 4.30. The first-order valence-corrected chi connectivity index (χ1v) is 6.81. The van der Waals surface area contributed by atoms with Crippen LogP contribution >= 0.6 is 0 Å². The number of ether oxygens (including phenoxy) is 2. The van der Waals surface area contributed by atoms with Gasteiger partial charge in [-0.15, -0.1) is 0 Å². The molecule has 0 amide bonds. The molecule has 0 aromatic rings. The maximum Gasteiger partial charge on any atom is 0.332 e. The molecule has 120 valence electrons. The average Bonchev–Trinajstić information content (AvgIpc) is 2.41. The van der Waals surface area contributed by atoms with Gasteiger partial charge in [-0.3, -0.25) is 9.59 Å². The molecule has 7 nitrogen and oxygen atoms in total. The molecule has 0 aliphatic carbocycles. The van der Waals surface area contributed by atoms with Gasteiger partial charge < -0.3 is 19.7 Å². The largest absolute Gasteiger partial charge is 0.481 e. The molecule has 0 heterocycles. The third-order valence-electron chi connectivity index (χ3n) is 2.59. The van der Waals surface area contributed by atoms with Crippen LogP contribution in [0.1, 0.15) is 39.5 Å². The molecular formula is C14H22O7. The van der Waals surface area contributed by atoms with Crippen LogP contribution in [0.5, 0.6) is 0 Å². The summed E-state index contributed by atoms with van der Waals surface area (Å²) >= 11 is 0. The number of rotatable bonds is 11. The van der Waals surface area contributed by atoms with Gasteiger partial charge in [0.1, 0.15) is 0 Å². The van der Waals surface area contributed by atoms with Gasteiger partial charge in [-0.25, -0.2) is 4.79 Å². The van der Waals surface area contributed by atoms with Crippen LogP contribution in [0.2, 0.25) is 0 Å². The third-order valence-corrected chi connectivity index (χ3v) is 2.59. The van der Waals surface area contributed by atoms with E-state index in [4.69, 9.17) is 19.7 Å². The SMILES string of the molecule is CCCOC(=O)CC(CCOCC)=C(CC(=O)O)C(=O)O. The van der Waals surface area contributed by atoms with Gasteiger partial charge >= 0.3 is 17.9 Å². The van der Waals surface area contributed by atoms with E-state index >= 15 is 0 Å². The highest BCUT2D eigenvalue weighted by Crippen LogP contribution is 2.18. The summed E-state index contributed by atoms with van der Waals surface area (Å²) in [5, 5.41) is 17.9. The van der Waals surface area contributed by atoms with Gasteiger partial charge in [0, 0.05) is 12.2 Å². The summed E-state index contributed by atoms with van der Waals surface area (Å²) in [5.74, 6) is -3.16. The van der Waals surface area contributed by atoms with Crippen LogP contribution in [0.4, 0.5) is 0 Å². The van der Waals surface area contributed by atoms with Crippen molar-refractivity contribution in [3.05, 3.63) is 11.1 Å². The fourth-order valence-corrected chi connectivity index (χ4v) is 1.63. The van der Waals surface area contributed by atoms with Crippen LogP contribution in [-0.2, 0) is 23.9 Å². The lowest BCUT2D eigenvalue weighted by Crippen LogP contribution is -2.15. The van der Waals surface area contributed by atoms with Crippen LogP contribution in [0.3, 0.4) is 0 Å². The summed E-state index contributed by atoms with van der Waals surface area (Å²) in [7, 11) is 0. The van der Waals surface area contributed by atoms with E-state index in [0.717, 1.165) is 0 Å². The van der Waals surface area contributed by atoms with Crippen molar-refractivity contribution in [3.8, 4) is 0 Å². The molecule has 0 aliphatic rings. The van der Waals surface area contributed by atoms with Crippen LogP contribution in [0, 0.1) is 0 Å². The summed E-state index contributed by atoms with van der Waals surface area (Å²) in [6, 6.07) is 0. The van der Waals surface area contributed by atoms with E-state index in [0.29, 0.717) is 13.0 Å².